The Hall–Kier alpha value is -1.86. The van der Waals surface area contributed by atoms with Crippen LogP contribution in [0.1, 0.15) is 31.9 Å². The molecule has 19 heavy (non-hydrogen) atoms. The summed E-state index contributed by atoms with van der Waals surface area (Å²) in [5, 5.41) is 17.7. The van der Waals surface area contributed by atoms with Gasteiger partial charge in [-0.1, -0.05) is 54.8 Å². The lowest BCUT2D eigenvalue weighted by Crippen LogP contribution is -2.03. The summed E-state index contributed by atoms with van der Waals surface area (Å²) >= 11 is 6.20. The van der Waals surface area contributed by atoms with E-state index >= 15 is 0 Å². The molecule has 0 saturated heterocycles. The lowest BCUT2D eigenvalue weighted by Gasteiger charge is -2.07. The third kappa shape index (κ3) is 2.94. The summed E-state index contributed by atoms with van der Waals surface area (Å²) in [4.78, 5) is 0. The molecular weight excluding hydrogens is 260 g/mol. The molecule has 0 atom stereocenters. The topological polar surface area (TPSA) is 54.5 Å². The summed E-state index contributed by atoms with van der Waals surface area (Å²) in [6.07, 6.45) is 3.28. The van der Waals surface area contributed by atoms with Crippen LogP contribution in [0.2, 0.25) is 5.02 Å². The second-order valence-electron chi connectivity index (χ2n) is 4.31. The first-order chi connectivity index (χ1) is 9.27. The number of hydrogen-bond acceptors (Lipinski definition) is 3. The van der Waals surface area contributed by atoms with Crippen LogP contribution in [-0.4, -0.2) is 15.0 Å². The SMILES string of the molecule is CCCCCn1nnc(C#N)c1-c1ccccc1Cl. The van der Waals surface area contributed by atoms with E-state index in [2.05, 4.69) is 23.3 Å². The van der Waals surface area contributed by atoms with Gasteiger partial charge >= 0.3 is 0 Å². The molecule has 0 aliphatic carbocycles. The minimum Gasteiger partial charge on any atom is -0.243 e. The van der Waals surface area contributed by atoms with Crippen molar-refractivity contribution in [3.05, 3.63) is 35.0 Å². The molecule has 0 N–H and O–H groups in total. The smallest absolute Gasteiger partial charge is 0.190 e. The van der Waals surface area contributed by atoms with Gasteiger partial charge in [0.1, 0.15) is 11.8 Å². The van der Waals surface area contributed by atoms with E-state index in [-0.39, 0.29) is 0 Å². The molecule has 4 nitrogen and oxygen atoms in total. The number of hydrogen-bond donors (Lipinski definition) is 0. The number of benzene rings is 1. The Labute approximate surface area is 117 Å². The fraction of sp³-hybridized carbons (Fsp3) is 0.357. The molecule has 0 spiro atoms. The fourth-order valence-corrected chi connectivity index (χ4v) is 2.20. The summed E-state index contributed by atoms with van der Waals surface area (Å²) in [6.45, 7) is 2.90. The summed E-state index contributed by atoms with van der Waals surface area (Å²) in [6, 6.07) is 9.53. The van der Waals surface area contributed by atoms with Gasteiger partial charge < -0.3 is 0 Å². The second kappa shape index (κ2) is 6.35. The Morgan fingerprint density at radius 2 is 2.11 bits per heavy atom. The molecule has 0 saturated carbocycles. The van der Waals surface area contributed by atoms with Crippen LogP contribution in [0.3, 0.4) is 0 Å². The zero-order chi connectivity index (χ0) is 13.7. The van der Waals surface area contributed by atoms with Crippen LogP contribution in [0.25, 0.3) is 11.3 Å². The Morgan fingerprint density at radius 3 is 2.79 bits per heavy atom. The number of nitrogens with zero attached hydrogens (tertiary/aromatic N) is 4. The molecule has 1 aromatic carbocycles. The van der Waals surface area contributed by atoms with Gasteiger partial charge in [0.15, 0.2) is 5.69 Å². The van der Waals surface area contributed by atoms with Gasteiger partial charge in [-0.25, -0.2) is 4.68 Å². The summed E-state index contributed by atoms with van der Waals surface area (Å²) < 4.78 is 1.77. The van der Waals surface area contributed by atoms with Crippen LogP contribution in [-0.2, 0) is 6.54 Å². The molecule has 0 amide bonds. The van der Waals surface area contributed by atoms with E-state index in [0.717, 1.165) is 31.4 Å². The number of halogens is 1. The molecule has 0 aliphatic rings. The van der Waals surface area contributed by atoms with Gasteiger partial charge in [-0.15, -0.1) is 5.10 Å². The van der Waals surface area contributed by atoms with Crippen molar-refractivity contribution in [1.29, 1.82) is 5.26 Å². The minimum absolute atomic E-state index is 0.324. The predicted octanol–water partition coefficient (Wildman–Crippen LogP) is 3.66. The van der Waals surface area contributed by atoms with Crippen molar-refractivity contribution in [3.8, 4) is 17.3 Å². The van der Waals surface area contributed by atoms with E-state index in [1.807, 2.05) is 18.2 Å². The molecular formula is C14H15ClN4. The van der Waals surface area contributed by atoms with E-state index in [1.54, 1.807) is 10.7 Å². The average molecular weight is 275 g/mol. The van der Waals surface area contributed by atoms with E-state index in [9.17, 15) is 0 Å². The van der Waals surface area contributed by atoms with Crippen LogP contribution in [0.4, 0.5) is 0 Å². The van der Waals surface area contributed by atoms with Crippen molar-refractivity contribution in [2.24, 2.45) is 0 Å². The third-order valence-electron chi connectivity index (χ3n) is 2.94. The molecule has 98 valence electrons. The maximum Gasteiger partial charge on any atom is 0.190 e. The lowest BCUT2D eigenvalue weighted by molar-refractivity contribution is 0.541. The Morgan fingerprint density at radius 1 is 1.32 bits per heavy atom. The molecule has 5 heteroatoms. The predicted molar refractivity (Wildman–Crippen MR) is 74.7 cm³/mol. The fourth-order valence-electron chi connectivity index (χ4n) is 1.98. The van der Waals surface area contributed by atoms with E-state index in [4.69, 9.17) is 16.9 Å². The van der Waals surface area contributed by atoms with Crippen molar-refractivity contribution >= 4 is 11.6 Å². The maximum absolute atomic E-state index is 9.15. The number of aromatic nitrogens is 3. The Balaban J connectivity index is 2.40. The molecule has 2 rings (SSSR count). The van der Waals surface area contributed by atoms with Gasteiger partial charge in [0.05, 0.1) is 5.02 Å². The first-order valence-corrected chi connectivity index (χ1v) is 6.74. The van der Waals surface area contributed by atoms with Gasteiger partial charge in [0.25, 0.3) is 0 Å². The highest BCUT2D eigenvalue weighted by Crippen LogP contribution is 2.29. The number of nitriles is 1. The summed E-state index contributed by atoms with van der Waals surface area (Å²) in [7, 11) is 0. The normalized spacial score (nSPS) is 10.4. The van der Waals surface area contributed by atoms with E-state index in [1.165, 1.54) is 0 Å². The van der Waals surface area contributed by atoms with Crippen LogP contribution in [0.15, 0.2) is 24.3 Å². The molecule has 0 fully saturated rings. The van der Waals surface area contributed by atoms with Gasteiger partial charge in [0.2, 0.25) is 0 Å². The monoisotopic (exact) mass is 274 g/mol. The van der Waals surface area contributed by atoms with E-state index in [0.29, 0.717) is 16.4 Å². The van der Waals surface area contributed by atoms with Gasteiger partial charge in [-0.05, 0) is 12.5 Å². The van der Waals surface area contributed by atoms with Crippen LogP contribution < -0.4 is 0 Å². The molecule has 2 aromatic rings. The van der Waals surface area contributed by atoms with Gasteiger partial charge in [0, 0.05) is 12.1 Å². The van der Waals surface area contributed by atoms with E-state index < -0.39 is 0 Å². The molecule has 0 bridgehead atoms. The molecule has 0 unspecified atom stereocenters. The average Bonchev–Trinajstić information content (AvgIpc) is 2.82. The Bertz CT molecular complexity index is 598. The first kappa shape index (κ1) is 13.6. The first-order valence-electron chi connectivity index (χ1n) is 6.36. The highest BCUT2D eigenvalue weighted by Gasteiger charge is 2.16. The van der Waals surface area contributed by atoms with Crippen molar-refractivity contribution in [2.75, 3.05) is 0 Å². The molecule has 0 radical (unpaired) electrons. The zero-order valence-electron chi connectivity index (χ0n) is 10.8. The van der Waals surface area contributed by atoms with Crippen molar-refractivity contribution in [3.63, 3.8) is 0 Å². The lowest BCUT2D eigenvalue weighted by atomic mass is 10.1. The number of aryl methyl sites for hydroxylation is 1. The number of unbranched alkanes of at least 4 members (excludes halogenated alkanes) is 2. The van der Waals surface area contributed by atoms with Crippen LogP contribution in [0, 0.1) is 11.3 Å². The summed E-state index contributed by atoms with van der Waals surface area (Å²) in [5.41, 5.74) is 1.84. The highest BCUT2D eigenvalue weighted by atomic mass is 35.5. The minimum atomic E-state index is 0.324. The second-order valence-corrected chi connectivity index (χ2v) is 4.72. The largest absolute Gasteiger partial charge is 0.243 e. The van der Waals surface area contributed by atoms with Crippen molar-refractivity contribution in [1.82, 2.24) is 15.0 Å². The Kier molecular flexibility index (Phi) is 4.53. The van der Waals surface area contributed by atoms with Gasteiger partial charge in [-0.3, -0.25) is 0 Å². The molecule has 0 aliphatic heterocycles. The number of rotatable bonds is 5. The van der Waals surface area contributed by atoms with Gasteiger partial charge in [-0.2, -0.15) is 5.26 Å². The highest BCUT2D eigenvalue weighted by molar-refractivity contribution is 6.33. The van der Waals surface area contributed by atoms with Crippen LogP contribution in [0.5, 0.6) is 0 Å². The van der Waals surface area contributed by atoms with Crippen molar-refractivity contribution in [2.45, 2.75) is 32.7 Å². The molecule has 1 aromatic heterocycles. The summed E-state index contributed by atoms with van der Waals surface area (Å²) in [5.74, 6) is 0. The van der Waals surface area contributed by atoms with Crippen molar-refractivity contribution < 1.29 is 0 Å². The maximum atomic E-state index is 9.15. The third-order valence-corrected chi connectivity index (χ3v) is 3.27. The standard InChI is InChI=1S/C14H15ClN4/c1-2-3-6-9-19-14(13(10-16)17-18-19)11-7-4-5-8-12(11)15/h4-5,7-8H,2-3,6,9H2,1H3. The van der Waals surface area contributed by atoms with Crippen LogP contribution >= 0.6 is 11.6 Å². The quantitative estimate of drug-likeness (QED) is 0.782. The zero-order valence-corrected chi connectivity index (χ0v) is 11.6. The molecule has 1 heterocycles.